The fourth-order valence-electron chi connectivity index (χ4n) is 3.08. The molecule has 6 nitrogen and oxygen atoms in total. The molecule has 2 aromatic carbocycles. The Balaban J connectivity index is 1.68. The summed E-state index contributed by atoms with van der Waals surface area (Å²) in [6.45, 7) is 0.352. The molecular weight excluding hydrogens is 425 g/mol. The number of hydrogen-bond acceptors (Lipinski definition) is 5. The van der Waals surface area contributed by atoms with Crippen molar-refractivity contribution in [2.75, 3.05) is 20.2 Å². The van der Waals surface area contributed by atoms with Crippen molar-refractivity contribution in [3.63, 3.8) is 0 Å². The fraction of sp³-hybridized carbons (Fsp3) is 0.316. The zero-order valence-electron chi connectivity index (χ0n) is 15.1. The van der Waals surface area contributed by atoms with Crippen molar-refractivity contribution in [2.45, 2.75) is 17.7 Å². The number of benzene rings is 2. The van der Waals surface area contributed by atoms with Gasteiger partial charge < -0.3 is 9.47 Å². The Kier molecular flexibility index (Phi) is 6.50. The molecule has 9 heteroatoms. The van der Waals surface area contributed by atoms with Gasteiger partial charge in [0.15, 0.2) is 11.5 Å². The van der Waals surface area contributed by atoms with Gasteiger partial charge in [0.25, 0.3) is 0 Å². The molecule has 0 aromatic heterocycles. The number of hydrogen-bond donors (Lipinski definition) is 0. The Morgan fingerprint density at radius 1 is 1.00 bits per heavy atom. The molecule has 1 heterocycles. The van der Waals surface area contributed by atoms with E-state index in [1.54, 1.807) is 30.3 Å². The molecule has 28 heavy (non-hydrogen) atoms. The zero-order valence-corrected chi connectivity index (χ0v) is 17.4. The van der Waals surface area contributed by atoms with Crippen molar-refractivity contribution < 1.29 is 22.7 Å². The van der Waals surface area contributed by atoms with Gasteiger partial charge in [-0.2, -0.15) is 4.31 Å². The van der Waals surface area contributed by atoms with Crippen LogP contribution < -0.4 is 9.47 Å². The molecule has 1 aliphatic rings. The molecule has 1 aliphatic heterocycles. The second kappa shape index (κ2) is 8.69. The lowest BCUT2D eigenvalue weighted by molar-refractivity contribution is -0.140. The van der Waals surface area contributed by atoms with E-state index in [0.717, 1.165) is 0 Å². The van der Waals surface area contributed by atoms with Crippen LogP contribution in [0.25, 0.3) is 0 Å². The number of esters is 1. The maximum Gasteiger partial charge on any atom is 0.314 e. The van der Waals surface area contributed by atoms with E-state index in [0.29, 0.717) is 24.3 Å². The first-order valence-corrected chi connectivity index (χ1v) is 10.8. The van der Waals surface area contributed by atoms with Crippen LogP contribution >= 0.6 is 23.2 Å². The summed E-state index contributed by atoms with van der Waals surface area (Å²) in [5.41, 5.74) is 0. The monoisotopic (exact) mass is 443 g/mol. The molecule has 0 atom stereocenters. The van der Waals surface area contributed by atoms with Crippen LogP contribution in [0.3, 0.4) is 0 Å². The van der Waals surface area contributed by atoms with E-state index in [1.165, 1.54) is 23.5 Å². The molecule has 2 aromatic rings. The standard InChI is InChI=1S/C19H19Cl2NO5S/c1-26-16-7-2-3-8-17(16)27-19(23)13-9-11-22(12-10-13)28(24,25)18-14(20)5-4-6-15(18)21/h2-8,13H,9-12H2,1H3. The lowest BCUT2D eigenvalue weighted by Crippen LogP contribution is -2.41. The number of nitrogens with zero attached hydrogens (tertiary/aromatic N) is 1. The van der Waals surface area contributed by atoms with Gasteiger partial charge in [-0.05, 0) is 37.1 Å². The number of ether oxygens (including phenoxy) is 2. The molecule has 1 saturated heterocycles. The van der Waals surface area contributed by atoms with Crippen molar-refractivity contribution in [2.24, 2.45) is 5.92 Å². The molecule has 3 rings (SSSR count). The molecular formula is C19H19Cl2NO5S. The predicted molar refractivity (Wildman–Crippen MR) is 107 cm³/mol. The summed E-state index contributed by atoms with van der Waals surface area (Å²) in [6, 6.07) is 11.4. The van der Waals surface area contributed by atoms with Gasteiger partial charge in [0.05, 0.1) is 23.1 Å². The minimum Gasteiger partial charge on any atom is -0.493 e. The lowest BCUT2D eigenvalue weighted by Gasteiger charge is -2.30. The van der Waals surface area contributed by atoms with Crippen molar-refractivity contribution in [1.82, 2.24) is 4.31 Å². The molecule has 0 amide bonds. The molecule has 0 spiro atoms. The first kappa shape index (κ1) is 20.9. The van der Waals surface area contributed by atoms with Crippen molar-refractivity contribution >= 4 is 39.2 Å². The molecule has 0 saturated carbocycles. The third-order valence-electron chi connectivity index (χ3n) is 4.58. The SMILES string of the molecule is COc1ccccc1OC(=O)C1CCN(S(=O)(=O)c2c(Cl)cccc2Cl)CC1. The van der Waals surface area contributed by atoms with Crippen molar-refractivity contribution in [1.29, 1.82) is 0 Å². The molecule has 0 aliphatic carbocycles. The van der Waals surface area contributed by atoms with Crippen LogP contribution in [0.4, 0.5) is 0 Å². The van der Waals surface area contributed by atoms with E-state index in [4.69, 9.17) is 32.7 Å². The van der Waals surface area contributed by atoms with E-state index < -0.39 is 21.9 Å². The summed E-state index contributed by atoms with van der Waals surface area (Å²) in [6.07, 6.45) is 0.685. The van der Waals surface area contributed by atoms with Crippen LogP contribution in [0.1, 0.15) is 12.8 Å². The number of methoxy groups -OCH3 is 1. The Bertz CT molecular complexity index is 952. The van der Waals surface area contributed by atoms with Gasteiger partial charge in [-0.3, -0.25) is 4.79 Å². The normalized spacial score (nSPS) is 16.0. The zero-order chi connectivity index (χ0) is 20.3. The van der Waals surface area contributed by atoms with Crippen molar-refractivity contribution in [3.8, 4) is 11.5 Å². The van der Waals surface area contributed by atoms with Crippen LogP contribution in [0.15, 0.2) is 47.4 Å². The largest absolute Gasteiger partial charge is 0.493 e. The van der Waals surface area contributed by atoms with E-state index in [9.17, 15) is 13.2 Å². The highest BCUT2D eigenvalue weighted by atomic mass is 35.5. The number of rotatable bonds is 5. The Morgan fingerprint density at radius 2 is 1.57 bits per heavy atom. The van der Waals surface area contributed by atoms with Crippen LogP contribution in [0, 0.1) is 5.92 Å². The predicted octanol–water partition coefficient (Wildman–Crippen LogP) is 4.01. The van der Waals surface area contributed by atoms with Gasteiger partial charge in [-0.1, -0.05) is 41.4 Å². The highest BCUT2D eigenvalue weighted by Gasteiger charge is 2.35. The average Bonchev–Trinajstić information content (AvgIpc) is 2.68. The number of para-hydroxylation sites is 2. The molecule has 1 fully saturated rings. The van der Waals surface area contributed by atoms with Crippen LogP contribution in [0.2, 0.25) is 10.0 Å². The molecule has 150 valence electrons. The third kappa shape index (κ3) is 4.27. The topological polar surface area (TPSA) is 72.9 Å². The highest BCUT2D eigenvalue weighted by Crippen LogP contribution is 2.34. The summed E-state index contributed by atoms with van der Waals surface area (Å²) in [4.78, 5) is 12.4. The van der Waals surface area contributed by atoms with Crippen LogP contribution in [0.5, 0.6) is 11.5 Å². The average molecular weight is 444 g/mol. The Labute approximate surface area is 174 Å². The van der Waals surface area contributed by atoms with Gasteiger partial charge in [-0.15, -0.1) is 0 Å². The summed E-state index contributed by atoms with van der Waals surface area (Å²) in [5.74, 6) is -0.00692. The minimum absolute atomic E-state index is 0.0743. The Hall–Kier alpha value is -1.80. The van der Waals surface area contributed by atoms with Gasteiger partial charge in [0.1, 0.15) is 4.90 Å². The lowest BCUT2D eigenvalue weighted by atomic mass is 9.98. The van der Waals surface area contributed by atoms with Gasteiger partial charge >= 0.3 is 5.97 Å². The fourth-order valence-corrected chi connectivity index (χ4v) is 5.65. The van der Waals surface area contributed by atoms with Crippen LogP contribution in [-0.2, 0) is 14.8 Å². The van der Waals surface area contributed by atoms with Gasteiger partial charge in [0, 0.05) is 13.1 Å². The molecule has 0 bridgehead atoms. The Morgan fingerprint density at radius 3 is 2.14 bits per heavy atom. The summed E-state index contributed by atoms with van der Waals surface area (Å²) >= 11 is 12.1. The first-order chi connectivity index (χ1) is 13.3. The number of piperidine rings is 1. The van der Waals surface area contributed by atoms with E-state index in [2.05, 4.69) is 0 Å². The number of carbonyl (C=O) groups excluding carboxylic acids is 1. The first-order valence-electron chi connectivity index (χ1n) is 8.63. The van der Waals surface area contributed by atoms with Gasteiger partial charge in [-0.25, -0.2) is 8.42 Å². The molecule has 0 radical (unpaired) electrons. The maximum absolute atomic E-state index is 12.9. The number of sulfonamides is 1. The minimum atomic E-state index is -3.84. The van der Waals surface area contributed by atoms with E-state index >= 15 is 0 Å². The maximum atomic E-state index is 12.9. The summed E-state index contributed by atoms with van der Waals surface area (Å²) in [7, 11) is -2.35. The highest BCUT2D eigenvalue weighted by molar-refractivity contribution is 7.89. The van der Waals surface area contributed by atoms with E-state index in [1.807, 2.05) is 0 Å². The number of carbonyl (C=O) groups is 1. The quantitative estimate of drug-likeness (QED) is 0.515. The van der Waals surface area contributed by atoms with Gasteiger partial charge in [0.2, 0.25) is 10.0 Å². The van der Waals surface area contributed by atoms with Crippen LogP contribution in [-0.4, -0.2) is 38.9 Å². The second-order valence-corrected chi connectivity index (χ2v) is 8.99. The second-order valence-electron chi connectivity index (χ2n) is 6.30. The molecule has 0 N–H and O–H groups in total. The smallest absolute Gasteiger partial charge is 0.314 e. The molecule has 0 unspecified atom stereocenters. The third-order valence-corrected chi connectivity index (χ3v) is 7.44. The van der Waals surface area contributed by atoms with E-state index in [-0.39, 0.29) is 28.0 Å². The van der Waals surface area contributed by atoms with Crippen molar-refractivity contribution in [3.05, 3.63) is 52.5 Å². The summed E-state index contributed by atoms with van der Waals surface area (Å²) in [5, 5.41) is 0.149. The summed E-state index contributed by atoms with van der Waals surface area (Å²) < 4.78 is 37.7. The number of halogens is 2.